The van der Waals surface area contributed by atoms with E-state index in [0.29, 0.717) is 11.7 Å². The third-order valence-electron chi connectivity index (χ3n) is 3.68. The molecule has 0 atom stereocenters. The Morgan fingerprint density at radius 2 is 2.21 bits per heavy atom. The molecular weight excluding hydrogens is 238 g/mol. The average molecular weight is 261 g/mol. The summed E-state index contributed by atoms with van der Waals surface area (Å²) in [6, 6.07) is 4.37. The lowest BCUT2D eigenvalue weighted by Gasteiger charge is -2.32. The summed E-state index contributed by atoms with van der Waals surface area (Å²) in [4.78, 5) is 18.5. The maximum atomic E-state index is 12.4. The van der Waals surface area contributed by atoms with Gasteiger partial charge in [0.25, 0.3) is 5.91 Å². The lowest BCUT2D eigenvalue weighted by molar-refractivity contribution is 0.0698. The van der Waals surface area contributed by atoms with Crippen molar-refractivity contribution in [1.29, 1.82) is 0 Å². The molecule has 0 saturated carbocycles. The SMILES string of the molecule is CCCNC1CCN(C(=O)c2ncccc2C)CC1. The van der Waals surface area contributed by atoms with Crippen molar-refractivity contribution in [1.82, 2.24) is 15.2 Å². The molecule has 1 amide bonds. The Balaban J connectivity index is 1.91. The molecular formula is C15H23N3O. The van der Waals surface area contributed by atoms with E-state index in [1.54, 1.807) is 6.20 Å². The molecule has 0 aromatic carbocycles. The number of carbonyl (C=O) groups is 1. The lowest BCUT2D eigenvalue weighted by atomic mass is 10.0. The first kappa shape index (κ1) is 14.0. The van der Waals surface area contributed by atoms with E-state index >= 15 is 0 Å². The number of hydrogen-bond donors (Lipinski definition) is 1. The van der Waals surface area contributed by atoms with Crippen molar-refractivity contribution in [2.75, 3.05) is 19.6 Å². The number of hydrogen-bond acceptors (Lipinski definition) is 3. The third-order valence-corrected chi connectivity index (χ3v) is 3.68. The summed E-state index contributed by atoms with van der Waals surface area (Å²) < 4.78 is 0. The van der Waals surface area contributed by atoms with E-state index < -0.39 is 0 Å². The summed E-state index contributed by atoms with van der Waals surface area (Å²) in [5.74, 6) is 0.0760. The second-order valence-corrected chi connectivity index (χ2v) is 5.19. The number of piperidine rings is 1. The van der Waals surface area contributed by atoms with Crippen molar-refractivity contribution < 1.29 is 4.79 Å². The molecule has 1 aromatic heterocycles. The van der Waals surface area contributed by atoms with Crippen LogP contribution in [0.3, 0.4) is 0 Å². The first-order valence-electron chi connectivity index (χ1n) is 7.16. The molecule has 0 spiro atoms. The highest BCUT2D eigenvalue weighted by Gasteiger charge is 2.24. The van der Waals surface area contributed by atoms with E-state index in [9.17, 15) is 4.79 Å². The van der Waals surface area contributed by atoms with Gasteiger partial charge in [0, 0.05) is 25.3 Å². The molecule has 0 bridgehead atoms. The standard InChI is InChI=1S/C15H23N3O/c1-3-8-16-13-6-10-18(11-7-13)15(19)14-12(2)5-4-9-17-14/h4-5,9,13,16H,3,6-8,10-11H2,1-2H3. The van der Waals surface area contributed by atoms with Gasteiger partial charge in [-0.1, -0.05) is 13.0 Å². The zero-order valence-electron chi connectivity index (χ0n) is 11.9. The van der Waals surface area contributed by atoms with Crippen molar-refractivity contribution in [3.05, 3.63) is 29.6 Å². The van der Waals surface area contributed by atoms with E-state index in [4.69, 9.17) is 0 Å². The summed E-state index contributed by atoms with van der Waals surface area (Å²) in [7, 11) is 0. The molecule has 1 aliphatic rings. The fourth-order valence-electron chi connectivity index (χ4n) is 2.49. The molecule has 4 heteroatoms. The van der Waals surface area contributed by atoms with Gasteiger partial charge in [-0.15, -0.1) is 0 Å². The van der Waals surface area contributed by atoms with Crippen molar-refractivity contribution in [2.24, 2.45) is 0 Å². The number of aryl methyl sites for hydroxylation is 1. The molecule has 2 rings (SSSR count). The van der Waals surface area contributed by atoms with Gasteiger partial charge in [0.15, 0.2) is 0 Å². The normalized spacial score (nSPS) is 16.6. The number of pyridine rings is 1. The molecule has 2 heterocycles. The number of amides is 1. The maximum Gasteiger partial charge on any atom is 0.272 e. The fourth-order valence-corrected chi connectivity index (χ4v) is 2.49. The predicted molar refractivity (Wildman–Crippen MR) is 76.2 cm³/mol. The smallest absolute Gasteiger partial charge is 0.272 e. The first-order valence-corrected chi connectivity index (χ1v) is 7.16. The van der Waals surface area contributed by atoms with Crippen molar-refractivity contribution in [2.45, 2.75) is 39.2 Å². The number of aromatic nitrogens is 1. The highest BCUT2D eigenvalue weighted by molar-refractivity contribution is 5.93. The zero-order chi connectivity index (χ0) is 13.7. The van der Waals surface area contributed by atoms with Crippen LogP contribution in [0.1, 0.15) is 42.2 Å². The van der Waals surface area contributed by atoms with Crippen LogP contribution < -0.4 is 5.32 Å². The molecule has 1 aliphatic heterocycles. The molecule has 104 valence electrons. The topological polar surface area (TPSA) is 45.2 Å². The summed E-state index contributed by atoms with van der Waals surface area (Å²) in [5, 5.41) is 3.53. The molecule has 19 heavy (non-hydrogen) atoms. The van der Waals surface area contributed by atoms with E-state index in [1.807, 2.05) is 24.0 Å². The third kappa shape index (κ3) is 3.53. The number of rotatable bonds is 4. The predicted octanol–water partition coefficient (Wildman–Crippen LogP) is 1.99. The quantitative estimate of drug-likeness (QED) is 0.901. The van der Waals surface area contributed by atoms with Gasteiger partial charge in [-0.25, -0.2) is 0 Å². The van der Waals surface area contributed by atoms with Gasteiger partial charge >= 0.3 is 0 Å². The largest absolute Gasteiger partial charge is 0.337 e. The molecule has 1 saturated heterocycles. The van der Waals surface area contributed by atoms with Crippen molar-refractivity contribution in [3.63, 3.8) is 0 Å². The summed E-state index contributed by atoms with van der Waals surface area (Å²) in [6.45, 7) is 6.84. The molecule has 1 fully saturated rings. The van der Waals surface area contributed by atoms with Gasteiger partial charge < -0.3 is 10.2 Å². The van der Waals surface area contributed by atoms with Crippen molar-refractivity contribution >= 4 is 5.91 Å². The Bertz CT molecular complexity index is 425. The van der Waals surface area contributed by atoms with Crippen LogP contribution in [0.15, 0.2) is 18.3 Å². The van der Waals surface area contributed by atoms with E-state index in [1.165, 1.54) is 0 Å². The van der Waals surface area contributed by atoms with Gasteiger partial charge in [-0.05, 0) is 44.4 Å². The molecule has 0 aliphatic carbocycles. The highest BCUT2D eigenvalue weighted by Crippen LogP contribution is 2.14. The highest BCUT2D eigenvalue weighted by atomic mass is 16.2. The van der Waals surface area contributed by atoms with Crippen LogP contribution in [-0.2, 0) is 0 Å². The van der Waals surface area contributed by atoms with Crippen LogP contribution in [0.4, 0.5) is 0 Å². The van der Waals surface area contributed by atoms with Crippen molar-refractivity contribution in [3.8, 4) is 0 Å². The minimum absolute atomic E-state index is 0.0760. The second kappa shape index (κ2) is 6.66. The first-order chi connectivity index (χ1) is 9.22. The minimum atomic E-state index is 0.0760. The summed E-state index contributed by atoms with van der Waals surface area (Å²) >= 11 is 0. The van der Waals surface area contributed by atoms with Gasteiger partial charge in [-0.3, -0.25) is 9.78 Å². The van der Waals surface area contributed by atoms with E-state index in [2.05, 4.69) is 17.2 Å². The molecule has 0 unspecified atom stereocenters. The Hall–Kier alpha value is -1.42. The Morgan fingerprint density at radius 3 is 2.84 bits per heavy atom. The van der Waals surface area contributed by atoms with E-state index in [0.717, 1.165) is 44.5 Å². The Labute approximate surface area is 115 Å². The molecule has 4 nitrogen and oxygen atoms in total. The summed E-state index contributed by atoms with van der Waals surface area (Å²) in [6.07, 6.45) is 4.93. The minimum Gasteiger partial charge on any atom is -0.337 e. The van der Waals surface area contributed by atoms with Gasteiger partial charge in [0.1, 0.15) is 5.69 Å². The van der Waals surface area contributed by atoms with Gasteiger partial charge in [0.05, 0.1) is 0 Å². The van der Waals surface area contributed by atoms with Crippen LogP contribution in [-0.4, -0.2) is 41.5 Å². The second-order valence-electron chi connectivity index (χ2n) is 5.19. The number of likely N-dealkylation sites (tertiary alicyclic amines) is 1. The maximum absolute atomic E-state index is 12.4. The molecule has 0 radical (unpaired) electrons. The Morgan fingerprint density at radius 1 is 1.47 bits per heavy atom. The monoisotopic (exact) mass is 261 g/mol. The molecule has 1 aromatic rings. The van der Waals surface area contributed by atoms with Crippen LogP contribution in [0.2, 0.25) is 0 Å². The lowest BCUT2D eigenvalue weighted by Crippen LogP contribution is -2.45. The average Bonchev–Trinajstić information content (AvgIpc) is 2.45. The fraction of sp³-hybridized carbons (Fsp3) is 0.600. The van der Waals surface area contributed by atoms with Crippen LogP contribution in [0.5, 0.6) is 0 Å². The van der Waals surface area contributed by atoms with Crippen LogP contribution >= 0.6 is 0 Å². The van der Waals surface area contributed by atoms with E-state index in [-0.39, 0.29) is 5.91 Å². The van der Waals surface area contributed by atoms with Gasteiger partial charge in [0.2, 0.25) is 0 Å². The Kier molecular flexibility index (Phi) is 4.91. The van der Waals surface area contributed by atoms with Gasteiger partial charge in [-0.2, -0.15) is 0 Å². The number of nitrogens with one attached hydrogen (secondary N) is 1. The van der Waals surface area contributed by atoms with Crippen LogP contribution in [0, 0.1) is 6.92 Å². The summed E-state index contributed by atoms with van der Waals surface area (Å²) in [5.41, 5.74) is 1.56. The number of carbonyl (C=O) groups excluding carboxylic acids is 1. The zero-order valence-corrected chi connectivity index (χ0v) is 11.9. The van der Waals surface area contributed by atoms with Crippen LogP contribution in [0.25, 0.3) is 0 Å². The number of nitrogens with zero attached hydrogens (tertiary/aromatic N) is 2. The molecule has 1 N–H and O–H groups in total.